The molecule has 4 aliphatic rings. The number of hydrogen-bond acceptors (Lipinski definition) is 5. The average molecular weight is 456 g/mol. The summed E-state index contributed by atoms with van der Waals surface area (Å²) in [7, 11) is 0. The summed E-state index contributed by atoms with van der Waals surface area (Å²) in [6.07, 6.45) is 6.43. The molecule has 7 nitrogen and oxygen atoms in total. The van der Waals surface area contributed by atoms with Gasteiger partial charge >= 0.3 is 0 Å². The lowest BCUT2D eigenvalue weighted by molar-refractivity contribution is -0.157. The second kappa shape index (κ2) is 9.81. The molecule has 0 aliphatic carbocycles. The van der Waals surface area contributed by atoms with Gasteiger partial charge in [0.05, 0.1) is 0 Å². The molecule has 30 heavy (non-hydrogen) atoms. The maximum absolute atomic E-state index is 13.2. The number of carbonyl (C=O) groups is 2. The quantitative estimate of drug-likeness (QED) is 0.636. The molecule has 2 bridgehead atoms. The monoisotopic (exact) mass is 455 g/mol. The summed E-state index contributed by atoms with van der Waals surface area (Å²) >= 11 is 0. The molecular weight excluding hydrogens is 425 g/mol. The van der Waals surface area contributed by atoms with Crippen molar-refractivity contribution in [2.45, 2.75) is 57.3 Å². The molecule has 9 heteroatoms. The maximum Gasteiger partial charge on any atom is 0.243 e. The number of carbonyl (C=O) groups excluding carboxylic acids is 2. The molecule has 0 radical (unpaired) electrons. The highest BCUT2D eigenvalue weighted by Gasteiger charge is 2.50. The first-order valence-electron chi connectivity index (χ1n) is 10.7. The van der Waals surface area contributed by atoms with Gasteiger partial charge in [0, 0.05) is 62.9 Å². The zero-order valence-corrected chi connectivity index (χ0v) is 18.7. The normalized spacial score (nSPS) is 29.6. The first-order valence-corrected chi connectivity index (χ1v) is 10.7. The van der Waals surface area contributed by atoms with E-state index in [1.807, 2.05) is 11.1 Å². The third-order valence-corrected chi connectivity index (χ3v) is 6.95. The first kappa shape index (κ1) is 23.3. The van der Waals surface area contributed by atoms with Crippen LogP contribution in [-0.2, 0) is 29.1 Å². The van der Waals surface area contributed by atoms with E-state index in [0.29, 0.717) is 18.9 Å². The van der Waals surface area contributed by atoms with Crippen LogP contribution in [0.3, 0.4) is 0 Å². The summed E-state index contributed by atoms with van der Waals surface area (Å²) in [6, 6.07) is 2.02. The summed E-state index contributed by atoms with van der Waals surface area (Å²) in [6.45, 7) is 4.06. The standard InChI is InChI=1S/C21H29N5O2.2ClH/c27-19-3-1-2-18-15-7-16(12-23-11-15)20(26(18)19)21(28)25-9-13-6-14-10-22-5-4-17(14)24-8-13;;/h6,8,15-16,18,20,22-23H,1-5,7,9-12H2,(H,25,28);2*1H/t15-,16+,18+,20-;;/m1../s1. The fourth-order valence-electron chi connectivity index (χ4n) is 5.64. The third-order valence-electron chi connectivity index (χ3n) is 6.95. The van der Waals surface area contributed by atoms with Crippen molar-refractivity contribution in [3.05, 3.63) is 29.1 Å². The molecule has 4 aliphatic heterocycles. The Bertz CT molecular complexity index is 793. The number of halogens is 2. The van der Waals surface area contributed by atoms with Gasteiger partial charge in [0.15, 0.2) is 0 Å². The number of nitrogens with one attached hydrogen (secondary N) is 3. The van der Waals surface area contributed by atoms with E-state index >= 15 is 0 Å². The van der Waals surface area contributed by atoms with Crippen LogP contribution in [0, 0.1) is 11.8 Å². The Kier molecular flexibility index (Phi) is 7.61. The van der Waals surface area contributed by atoms with Crippen molar-refractivity contribution in [2.75, 3.05) is 19.6 Å². The number of amides is 2. The van der Waals surface area contributed by atoms with E-state index in [2.05, 4.69) is 27.0 Å². The van der Waals surface area contributed by atoms with Crippen molar-refractivity contribution in [2.24, 2.45) is 11.8 Å². The van der Waals surface area contributed by atoms with Gasteiger partial charge in [-0.3, -0.25) is 14.6 Å². The molecule has 5 heterocycles. The zero-order valence-electron chi connectivity index (χ0n) is 17.1. The van der Waals surface area contributed by atoms with Gasteiger partial charge in [-0.2, -0.15) is 0 Å². The Labute approximate surface area is 190 Å². The minimum Gasteiger partial charge on any atom is -0.350 e. The molecule has 1 aromatic rings. The summed E-state index contributed by atoms with van der Waals surface area (Å²) < 4.78 is 0. The molecule has 166 valence electrons. The number of nitrogens with zero attached hydrogens (tertiary/aromatic N) is 2. The molecule has 0 aromatic carbocycles. The Hall–Kier alpha value is -1.41. The molecule has 5 rings (SSSR count). The van der Waals surface area contributed by atoms with Crippen LogP contribution in [0.5, 0.6) is 0 Å². The first-order chi connectivity index (χ1) is 13.7. The fourth-order valence-corrected chi connectivity index (χ4v) is 5.64. The van der Waals surface area contributed by atoms with Crippen LogP contribution >= 0.6 is 24.8 Å². The summed E-state index contributed by atoms with van der Waals surface area (Å²) in [4.78, 5) is 32.4. The number of pyridine rings is 1. The Morgan fingerprint density at radius 1 is 1.20 bits per heavy atom. The van der Waals surface area contributed by atoms with Crippen LogP contribution in [-0.4, -0.2) is 53.4 Å². The molecule has 0 unspecified atom stereocenters. The van der Waals surface area contributed by atoms with Crippen molar-refractivity contribution in [1.29, 1.82) is 0 Å². The number of aromatic nitrogens is 1. The Balaban J connectivity index is 0.00000128. The molecule has 3 N–H and O–H groups in total. The SMILES string of the molecule is Cl.Cl.O=C(NCc1cnc2c(c1)CNCC2)[C@H]1[C@@H]2CNC[C@@H](C2)[C@@H]2CCCC(=O)N21. The number of fused-ring (bicyclic) bond motifs is 5. The largest absolute Gasteiger partial charge is 0.350 e. The molecule has 2 amide bonds. The highest BCUT2D eigenvalue weighted by Crippen LogP contribution is 2.39. The van der Waals surface area contributed by atoms with Gasteiger partial charge in [0.25, 0.3) is 0 Å². The van der Waals surface area contributed by atoms with Gasteiger partial charge in [0.2, 0.25) is 11.8 Å². The summed E-state index contributed by atoms with van der Waals surface area (Å²) in [5, 5.41) is 9.97. The molecule has 0 spiro atoms. The smallest absolute Gasteiger partial charge is 0.243 e. The van der Waals surface area contributed by atoms with Gasteiger partial charge in [-0.05, 0) is 48.9 Å². The van der Waals surface area contributed by atoms with Crippen LogP contribution in [0.1, 0.15) is 42.5 Å². The van der Waals surface area contributed by atoms with Gasteiger partial charge in [-0.15, -0.1) is 24.8 Å². The summed E-state index contributed by atoms with van der Waals surface area (Å²) in [5.74, 6) is 0.852. The lowest BCUT2D eigenvalue weighted by atomic mass is 9.72. The van der Waals surface area contributed by atoms with E-state index in [-0.39, 0.29) is 54.6 Å². The van der Waals surface area contributed by atoms with Crippen molar-refractivity contribution in [3.8, 4) is 0 Å². The number of piperidine rings is 3. The van der Waals surface area contributed by atoms with Crippen LogP contribution in [0.15, 0.2) is 12.3 Å². The molecule has 3 saturated heterocycles. The van der Waals surface area contributed by atoms with E-state index in [1.54, 1.807) is 0 Å². The molecule has 0 saturated carbocycles. The van der Waals surface area contributed by atoms with Gasteiger partial charge < -0.3 is 20.9 Å². The van der Waals surface area contributed by atoms with Crippen LogP contribution in [0.2, 0.25) is 0 Å². The Morgan fingerprint density at radius 2 is 2.03 bits per heavy atom. The van der Waals surface area contributed by atoms with Gasteiger partial charge in [-0.25, -0.2) is 0 Å². The number of rotatable bonds is 3. The van der Waals surface area contributed by atoms with Crippen molar-refractivity contribution in [3.63, 3.8) is 0 Å². The minimum absolute atomic E-state index is 0. The summed E-state index contributed by atoms with van der Waals surface area (Å²) in [5.41, 5.74) is 3.40. The third kappa shape index (κ3) is 4.31. The highest BCUT2D eigenvalue weighted by molar-refractivity contribution is 5.89. The minimum atomic E-state index is -0.339. The van der Waals surface area contributed by atoms with Gasteiger partial charge in [0.1, 0.15) is 6.04 Å². The van der Waals surface area contributed by atoms with Crippen molar-refractivity contribution >= 4 is 36.6 Å². The second-order valence-electron chi connectivity index (χ2n) is 8.71. The predicted molar refractivity (Wildman–Crippen MR) is 119 cm³/mol. The predicted octanol–water partition coefficient (Wildman–Crippen LogP) is 1.18. The lowest BCUT2D eigenvalue weighted by Crippen LogP contribution is -2.67. The van der Waals surface area contributed by atoms with Gasteiger partial charge in [-0.1, -0.05) is 0 Å². The topological polar surface area (TPSA) is 86.4 Å². The van der Waals surface area contributed by atoms with Crippen LogP contribution < -0.4 is 16.0 Å². The second-order valence-corrected chi connectivity index (χ2v) is 8.71. The van der Waals surface area contributed by atoms with Crippen molar-refractivity contribution in [1.82, 2.24) is 25.8 Å². The zero-order chi connectivity index (χ0) is 19.1. The van der Waals surface area contributed by atoms with E-state index in [1.165, 1.54) is 5.56 Å². The number of hydrogen-bond donors (Lipinski definition) is 3. The van der Waals surface area contributed by atoms with E-state index < -0.39 is 0 Å². The van der Waals surface area contributed by atoms with E-state index in [0.717, 1.165) is 63.1 Å². The lowest BCUT2D eigenvalue weighted by Gasteiger charge is -2.53. The van der Waals surface area contributed by atoms with E-state index in [9.17, 15) is 9.59 Å². The van der Waals surface area contributed by atoms with Crippen LogP contribution in [0.25, 0.3) is 0 Å². The van der Waals surface area contributed by atoms with Crippen LogP contribution in [0.4, 0.5) is 0 Å². The highest BCUT2D eigenvalue weighted by atomic mass is 35.5. The fraction of sp³-hybridized carbons (Fsp3) is 0.667. The molecule has 3 fully saturated rings. The molecule has 4 atom stereocenters. The Morgan fingerprint density at radius 3 is 2.90 bits per heavy atom. The average Bonchev–Trinajstić information content (AvgIpc) is 2.73. The van der Waals surface area contributed by atoms with Crippen molar-refractivity contribution < 1.29 is 9.59 Å². The molecular formula is C21H31Cl2N5O2. The maximum atomic E-state index is 13.2. The molecule has 1 aromatic heterocycles. The van der Waals surface area contributed by atoms with E-state index in [4.69, 9.17) is 0 Å².